The highest BCUT2D eigenvalue weighted by atomic mass is 35.5. The number of nitrogens with zero attached hydrogens (tertiary/aromatic N) is 1. The number of hydrogen-bond acceptors (Lipinski definition) is 6. The van der Waals surface area contributed by atoms with E-state index in [0.717, 1.165) is 6.07 Å². The summed E-state index contributed by atoms with van der Waals surface area (Å²) in [5.41, 5.74) is 0.0654. The number of anilines is 1. The first-order chi connectivity index (χ1) is 12.1. The van der Waals surface area contributed by atoms with Crippen LogP contribution in [0, 0.1) is 0 Å². The van der Waals surface area contributed by atoms with Crippen molar-refractivity contribution in [3.05, 3.63) is 87.1 Å². The largest absolute Gasteiger partial charge is 0.502 e. The molecule has 0 aliphatic heterocycles. The molecule has 0 aliphatic carbocycles. The molecule has 3 rings (SSSR count). The summed E-state index contributed by atoms with van der Waals surface area (Å²) in [5.74, 6) is 0.0450. The van der Waals surface area contributed by atoms with E-state index in [1.165, 1.54) is 0 Å². The van der Waals surface area contributed by atoms with Crippen molar-refractivity contribution in [2.24, 2.45) is 0 Å². The normalized spacial score (nSPS) is 11.9. The Bertz CT molecular complexity index is 911. The summed E-state index contributed by atoms with van der Waals surface area (Å²) in [7, 11) is 0. The highest BCUT2D eigenvalue weighted by Gasteiger charge is 2.24. The molecule has 2 heterocycles. The van der Waals surface area contributed by atoms with Gasteiger partial charge < -0.3 is 19.9 Å². The lowest BCUT2D eigenvalue weighted by Crippen LogP contribution is -2.16. The predicted molar refractivity (Wildman–Crippen MR) is 93.7 cm³/mol. The number of benzene rings is 1. The molecule has 3 aromatic rings. The van der Waals surface area contributed by atoms with Crippen LogP contribution < -0.4 is 10.7 Å². The zero-order valence-corrected chi connectivity index (χ0v) is 13.8. The predicted octanol–water partition coefficient (Wildman–Crippen LogP) is 3.09. The lowest BCUT2D eigenvalue weighted by atomic mass is 10.0. The van der Waals surface area contributed by atoms with Crippen molar-refractivity contribution >= 4 is 17.4 Å². The number of rotatable bonds is 5. The number of aliphatic hydroxyl groups is 1. The topological polar surface area (TPSA) is 95.6 Å². The quantitative estimate of drug-likeness (QED) is 0.648. The Hall–Kier alpha value is -2.83. The fourth-order valence-electron chi connectivity index (χ4n) is 2.38. The minimum atomic E-state index is -0.702. The molecule has 6 nitrogen and oxygen atoms in total. The van der Waals surface area contributed by atoms with Crippen LogP contribution in [0.1, 0.15) is 23.1 Å². The van der Waals surface area contributed by atoms with Crippen molar-refractivity contribution in [2.45, 2.75) is 12.6 Å². The van der Waals surface area contributed by atoms with E-state index < -0.39 is 23.8 Å². The van der Waals surface area contributed by atoms with Crippen LogP contribution >= 0.6 is 11.6 Å². The molecule has 0 saturated heterocycles. The fourth-order valence-corrected chi connectivity index (χ4v) is 2.51. The van der Waals surface area contributed by atoms with Crippen LogP contribution in [0.5, 0.6) is 5.75 Å². The van der Waals surface area contributed by atoms with Crippen molar-refractivity contribution in [3.63, 3.8) is 0 Å². The molecule has 128 valence electrons. The van der Waals surface area contributed by atoms with Crippen LogP contribution in [0.25, 0.3) is 0 Å². The van der Waals surface area contributed by atoms with Crippen molar-refractivity contribution in [1.29, 1.82) is 0 Å². The van der Waals surface area contributed by atoms with E-state index >= 15 is 0 Å². The monoisotopic (exact) mass is 358 g/mol. The third kappa shape index (κ3) is 3.81. The van der Waals surface area contributed by atoms with Gasteiger partial charge in [-0.3, -0.25) is 4.79 Å². The summed E-state index contributed by atoms with van der Waals surface area (Å²) in [6.07, 6.45) is 1.61. The Morgan fingerprint density at radius 3 is 2.60 bits per heavy atom. The van der Waals surface area contributed by atoms with Crippen LogP contribution in [0.3, 0.4) is 0 Å². The van der Waals surface area contributed by atoms with Crippen LogP contribution in [0.15, 0.2) is 63.9 Å². The van der Waals surface area contributed by atoms with Crippen molar-refractivity contribution in [3.8, 4) is 5.75 Å². The summed E-state index contributed by atoms with van der Waals surface area (Å²) in [6, 6.07) is 12.5. The lowest BCUT2D eigenvalue weighted by molar-refractivity contribution is 0.234. The third-order valence-electron chi connectivity index (χ3n) is 3.58. The minimum Gasteiger partial charge on any atom is -0.502 e. The number of aromatic hydroxyl groups is 1. The van der Waals surface area contributed by atoms with E-state index in [1.54, 1.807) is 48.7 Å². The number of aromatic nitrogens is 1. The van der Waals surface area contributed by atoms with Gasteiger partial charge in [-0.25, -0.2) is 4.98 Å². The zero-order chi connectivity index (χ0) is 17.8. The van der Waals surface area contributed by atoms with E-state index in [9.17, 15) is 15.0 Å². The Morgan fingerprint density at radius 1 is 1.20 bits per heavy atom. The number of pyridine rings is 1. The SMILES string of the molecule is O=c1cc(CO)oc([C@@H](Nc2ccccn2)c2ccc(Cl)cc2)c1O. The minimum absolute atomic E-state index is 0.00970. The molecule has 0 fully saturated rings. The number of hydrogen-bond donors (Lipinski definition) is 3. The van der Waals surface area contributed by atoms with Crippen molar-refractivity contribution in [2.75, 3.05) is 5.32 Å². The molecule has 0 amide bonds. The molecular weight excluding hydrogens is 344 g/mol. The molecule has 1 aromatic carbocycles. The highest BCUT2D eigenvalue weighted by Crippen LogP contribution is 2.31. The van der Waals surface area contributed by atoms with Crippen molar-refractivity contribution in [1.82, 2.24) is 4.98 Å². The fraction of sp³-hybridized carbons (Fsp3) is 0.111. The Labute approximate surface area is 148 Å². The first-order valence-corrected chi connectivity index (χ1v) is 7.86. The standard InChI is InChI=1S/C18H15ClN2O4/c19-12-6-4-11(5-7-12)16(21-15-3-1-2-8-20-15)18-17(24)14(23)9-13(10-22)25-18/h1-9,16,22,24H,10H2,(H,20,21)/t16-/m0/s1. The molecule has 3 N–H and O–H groups in total. The molecule has 25 heavy (non-hydrogen) atoms. The van der Waals surface area contributed by atoms with Gasteiger partial charge in [0.05, 0.1) is 0 Å². The third-order valence-corrected chi connectivity index (χ3v) is 3.83. The molecule has 0 unspecified atom stereocenters. The van der Waals surface area contributed by atoms with Gasteiger partial charge >= 0.3 is 0 Å². The van der Waals surface area contributed by atoms with Gasteiger partial charge in [-0.2, -0.15) is 0 Å². The Morgan fingerprint density at radius 2 is 1.96 bits per heavy atom. The van der Waals surface area contributed by atoms with Crippen LogP contribution in [0.2, 0.25) is 5.02 Å². The molecule has 0 spiro atoms. The molecule has 0 aliphatic rings. The summed E-state index contributed by atoms with van der Waals surface area (Å²) in [4.78, 5) is 16.2. The van der Waals surface area contributed by atoms with Crippen LogP contribution in [0.4, 0.5) is 5.82 Å². The van der Waals surface area contributed by atoms with Gasteiger partial charge in [-0.1, -0.05) is 29.8 Å². The second kappa shape index (κ2) is 7.38. The van der Waals surface area contributed by atoms with E-state index in [4.69, 9.17) is 16.0 Å². The molecule has 7 heteroatoms. The molecular formula is C18H15ClN2O4. The Kier molecular flexibility index (Phi) is 5.02. The maximum absolute atomic E-state index is 12.0. The summed E-state index contributed by atoms with van der Waals surface area (Å²) < 4.78 is 5.53. The number of halogens is 1. The van der Waals surface area contributed by atoms with Crippen LogP contribution in [-0.4, -0.2) is 15.2 Å². The van der Waals surface area contributed by atoms with E-state index in [-0.39, 0.29) is 11.5 Å². The van der Waals surface area contributed by atoms with Gasteiger partial charge in [0.15, 0.2) is 5.76 Å². The second-order valence-electron chi connectivity index (χ2n) is 5.29. The van der Waals surface area contributed by atoms with Gasteiger partial charge in [0, 0.05) is 17.3 Å². The number of aliphatic hydroxyl groups excluding tert-OH is 1. The average Bonchev–Trinajstić information content (AvgIpc) is 2.64. The summed E-state index contributed by atoms with van der Waals surface area (Å²) in [6.45, 7) is -0.459. The summed E-state index contributed by atoms with van der Waals surface area (Å²) in [5, 5.41) is 23.2. The molecule has 0 saturated carbocycles. The van der Waals surface area contributed by atoms with Crippen LogP contribution in [-0.2, 0) is 6.61 Å². The first-order valence-electron chi connectivity index (χ1n) is 7.48. The molecule has 0 bridgehead atoms. The van der Waals surface area contributed by atoms with Gasteiger partial charge in [0.1, 0.15) is 24.2 Å². The average molecular weight is 359 g/mol. The molecule has 2 aromatic heterocycles. The van der Waals surface area contributed by atoms with Crippen molar-refractivity contribution < 1.29 is 14.6 Å². The maximum Gasteiger partial charge on any atom is 0.227 e. The Balaban J connectivity index is 2.12. The second-order valence-corrected chi connectivity index (χ2v) is 5.73. The first kappa shape index (κ1) is 17.0. The lowest BCUT2D eigenvalue weighted by Gasteiger charge is -2.20. The van der Waals surface area contributed by atoms with E-state index in [2.05, 4.69) is 10.3 Å². The molecule has 1 atom stereocenters. The van der Waals surface area contributed by atoms with E-state index in [0.29, 0.717) is 16.4 Å². The van der Waals surface area contributed by atoms with Gasteiger partial charge in [0.25, 0.3) is 0 Å². The van der Waals surface area contributed by atoms with Gasteiger partial charge in [0.2, 0.25) is 11.2 Å². The smallest absolute Gasteiger partial charge is 0.227 e. The van der Waals surface area contributed by atoms with E-state index in [1.807, 2.05) is 0 Å². The molecule has 0 radical (unpaired) electrons. The highest BCUT2D eigenvalue weighted by molar-refractivity contribution is 6.30. The van der Waals surface area contributed by atoms with Gasteiger partial charge in [-0.05, 0) is 29.8 Å². The maximum atomic E-state index is 12.0. The number of nitrogens with one attached hydrogen (secondary N) is 1. The zero-order valence-electron chi connectivity index (χ0n) is 13.0. The summed E-state index contributed by atoms with van der Waals surface area (Å²) >= 11 is 5.94. The van der Waals surface area contributed by atoms with Gasteiger partial charge in [-0.15, -0.1) is 0 Å².